The van der Waals surface area contributed by atoms with Gasteiger partial charge in [0, 0.05) is 16.4 Å². The number of thioether (sulfide) groups is 1. The molecule has 2 aromatic carbocycles. The van der Waals surface area contributed by atoms with E-state index in [9.17, 15) is 0 Å². The molecule has 0 radical (unpaired) electrons. The van der Waals surface area contributed by atoms with E-state index < -0.39 is 0 Å². The number of benzene rings is 2. The Morgan fingerprint density at radius 3 is 2.48 bits per heavy atom. The first kappa shape index (κ1) is 16.4. The van der Waals surface area contributed by atoms with Crippen LogP contribution in [0.15, 0.2) is 71.0 Å². The first-order valence-electron chi connectivity index (χ1n) is 6.62. The first-order valence-corrected chi connectivity index (χ1v) is 9.99. The van der Waals surface area contributed by atoms with Gasteiger partial charge in [-0.05, 0) is 35.2 Å². The summed E-state index contributed by atoms with van der Waals surface area (Å²) < 4.78 is 5.15. The number of hydrogen-bond donors (Lipinski definition) is 0. The number of hydrogen-bond acceptors (Lipinski definition) is 4. The predicted octanol–water partition coefficient (Wildman–Crippen LogP) is 5.88. The van der Waals surface area contributed by atoms with Crippen LogP contribution in [0.4, 0.5) is 0 Å². The fourth-order valence-electron chi connectivity index (χ4n) is 1.61. The van der Waals surface area contributed by atoms with Crippen molar-refractivity contribution in [2.45, 2.75) is 10.6 Å². The van der Waals surface area contributed by atoms with Gasteiger partial charge in [-0.1, -0.05) is 58.0 Å². The van der Waals surface area contributed by atoms with Crippen LogP contribution in [0.3, 0.4) is 0 Å². The highest BCUT2D eigenvalue weighted by Gasteiger charge is 1.94. The molecular formula is C17H18OS3. The second-order valence-electron chi connectivity index (χ2n) is 4.20. The van der Waals surface area contributed by atoms with Crippen molar-refractivity contribution in [2.75, 3.05) is 12.9 Å². The standard InChI is InChI=1S/C17H18OS3/c1-18-16-8-10-17(11-9-16)19-12-5-13-20-21-14-15-6-3-2-4-7-15/h2-11,13H,12,14H2,1H3/b13-5-. The zero-order valence-corrected chi connectivity index (χ0v) is 14.3. The highest BCUT2D eigenvalue weighted by Crippen LogP contribution is 2.27. The average molecular weight is 335 g/mol. The lowest BCUT2D eigenvalue weighted by Crippen LogP contribution is -1.81. The third-order valence-electron chi connectivity index (χ3n) is 2.69. The molecule has 0 aliphatic rings. The number of ether oxygens (including phenoxy) is 1. The third-order valence-corrected chi connectivity index (χ3v) is 5.64. The Bertz CT molecular complexity index is 538. The third kappa shape index (κ3) is 6.55. The second kappa shape index (κ2) is 9.87. The van der Waals surface area contributed by atoms with Crippen molar-refractivity contribution < 1.29 is 4.74 Å². The molecule has 0 unspecified atom stereocenters. The SMILES string of the molecule is COc1ccc(SC/C=C\SSCc2ccccc2)cc1. The molecule has 110 valence electrons. The molecule has 0 saturated carbocycles. The topological polar surface area (TPSA) is 9.23 Å². The molecule has 0 spiro atoms. The fraction of sp³-hybridized carbons (Fsp3) is 0.176. The normalized spacial score (nSPS) is 10.9. The molecule has 4 heteroatoms. The van der Waals surface area contributed by atoms with Crippen molar-refractivity contribution >= 4 is 33.3 Å². The molecule has 0 fully saturated rings. The quantitative estimate of drug-likeness (QED) is 0.338. The summed E-state index contributed by atoms with van der Waals surface area (Å²) in [6, 6.07) is 18.7. The molecule has 21 heavy (non-hydrogen) atoms. The van der Waals surface area contributed by atoms with E-state index in [-0.39, 0.29) is 0 Å². The molecule has 0 aliphatic heterocycles. The Hall–Kier alpha value is -0.970. The van der Waals surface area contributed by atoms with Crippen LogP contribution in [-0.4, -0.2) is 12.9 Å². The second-order valence-corrected chi connectivity index (χ2v) is 7.57. The zero-order valence-electron chi connectivity index (χ0n) is 11.9. The molecular weight excluding hydrogens is 316 g/mol. The van der Waals surface area contributed by atoms with Gasteiger partial charge in [-0.25, -0.2) is 0 Å². The molecule has 0 bridgehead atoms. The van der Waals surface area contributed by atoms with E-state index >= 15 is 0 Å². The highest BCUT2D eigenvalue weighted by molar-refractivity contribution is 8.77. The van der Waals surface area contributed by atoms with Crippen molar-refractivity contribution in [3.63, 3.8) is 0 Å². The minimum absolute atomic E-state index is 0.905. The Kier molecular flexibility index (Phi) is 7.71. The summed E-state index contributed by atoms with van der Waals surface area (Å²) in [6.07, 6.45) is 2.21. The monoisotopic (exact) mass is 334 g/mol. The van der Waals surface area contributed by atoms with Gasteiger partial charge in [-0.15, -0.1) is 11.8 Å². The van der Waals surface area contributed by atoms with Gasteiger partial charge in [0.1, 0.15) is 5.75 Å². The Balaban J connectivity index is 1.59. The fourth-order valence-corrected chi connectivity index (χ4v) is 4.18. The Morgan fingerprint density at radius 2 is 1.76 bits per heavy atom. The Labute approximate surface area is 139 Å². The summed E-state index contributed by atoms with van der Waals surface area (Å²) >= 11 is 1.83. The van der Waals surface area contributed by atoms with Crippen LogP contribution in [0.1, 0.15) is 5.56 Å². The molecule has 0 aromatic heterocycles. The lowest BCUT2D eigenvalue weighted by molar-refractivity contribution is 0.414. The minimum atomic E-state index is 0.905. The predicted molar refractivity (Wildman–Crippen MR) is 98.2 cm³/mol. The Morgan fingerprint density at radius 1 is 1.00 bits per heavy atom. The van der Waals surface area contributed by atoms with Crippen LogP contribution >= 0.6 is 33.3 Å². The molecule has 0 aliphatic carbocycles. The van der Waals surface area contributed by atoms with E-state index in [0.29, 0.717) is 0 Å². The van der Waals surface area contributed by atoms with Crippen LogP contribution in [0.25, 0.3) is 0 Å². The molecule has 0 heterocycles. The van der Waals surface area contributed by atoms with Gasteiger partial charge in [0.2, 0.25) is 0 Å². The van der Waals surface area contributed by atoms with Crippen LogP contribution < -0.4 is 4.74 Å². The summed E-state index contributed by atoms with van der Waals surface area (Å²) in [5.41, 5.74) is 1.37. The molecule has 2 aromatic rings. The molecule has 0 atom stereocenters. The highest BCUT2D eigenvalue weighted by atomic mass is 33.1. The summed E-state index contributed by atoms with van der Waals surface area (Å²) in [5, 5.41) is 2.17. The maximum absolute atomic E-state index is 5.15. The van der Waals surface area contributed by atoms with Gasteiger partial charge < -0.3 is 4.74 Å². The molecule has 1 nitrogen and oxygen atoms in total. The summed E-state index contributed by atoms with van der Waals surface area (Å²) in [7, 11) is 5.34. The maximum atomic E-state index is 5.15. The smallest absolute Gasteiger partial charge is 0.118 e. The molecule has 2 rings (SSSR count). The minimum Gasteiger partial charge on any atom is -0.497 e. The molecule has 0 amide bonds. The van der Waals surface area contributed by atoms with E-state index in [1.807, 2.05) is 34.7 Å². The van der Waals surface area contributed by atoms with Gasteiger partial charge in [0.15, 0.2) is 0 Å². The average Bonchev–Trinajstić information content (AvgIpc) is 2.55. The lowest BCUT2D eigenvalue weighted by Gasteiger charge is -2.01. The van der Waals surface area contributed by atoms with Crippen LogP contribution in [0.5, 0.6) is 5.75 Å². The van der Waals surface area contributed by atoms with Crippen molar-refractivity contribution in [1.29, 1.82) is 0 Å². The van der Waals surface area contributed by atoms with E-state index in [0.717, 1.165) is 17.3 Å². The molecule has 0 saturated heterocycles. The largest absolute Gasteiger partial charge is 0.497 e. The van der Waals surface area contributed by atoms with Gasteiger partial charge in [-0.3, -0.25) is 0 Å². The van der Waals surface area contributed by atoms with E-state index in [1.165, 1.54) is 10.5 Å². The molecule has 0 N–H and O–H groups in total. The van der Waals surface area contributed by atoms with Crippen molar-refractivity contribution in [3.8, 4) is 5.75 Å². The summed E-state index contributed by atoms with van der Waals surface area (Å²) in [6.45, 7) is 0. The van der Waals surface area contributed by atoms with Crippen molar-refractivity contribution in [3.05, 3.63) is 71.6 Å². The lowest BCUT2D eigenvalue weighted by atomic mass is 10.2. The van der Waals surface area contributed by atoms with Gasteiger partial charge >= 0.3 is 0 Å². The van der Waals surface area contributed by atoms with Crippen molar-refractivity contribution in [2.24, 2.45) is 0 Å². The van der Waals surface area contributed by atoms with Crippen LogP contribution in [0, 0.1) is 0 Å². The van der Waals surface area contributed by atoms with E-state index in [2.05, 4.69) is 53.9 Å². The summed E-state index contributed by atoms with van der Waals surface area (Å²) in [5.74, 6) is 2.94. The number of rotatable bonds is 8. The van der Waals surface area contributed by atoms with Crippen LogP contribution in [-0.2, 0) is 5.75 Å². The van der Waals surface area contributed by atoms with Gasteiger partial charge in [0.05, 0.1) is 7.11 Å². The maximum Gasteiger partial charge on any atom is 0.118 e. The number of methoxy groups -OCH3 is 1. The van der Waals surface area contributed by atoms with Crippen LogP contribution in [0.2, 0.25) is 0 Å². The van der Waals surface area contributed by atoms with Gasteiger partial charge in [0.25, 0.3) is 0 Å². The van der Waals surface area contributed by atoms with E-state index in [1.54, 1.807) is 17.9 Å². The van der Waals surface area contributed by atoms with Gasteiger partial charge in [-0.2, -0.15) is 0 Å². The van der Waals surface area contributed by atoms with E-state index in [4.69, 9.17) is 4.74 Å². The van der Waals surface area contributed by atoms with Crippen molar-refractivity contribution in [1.82, 2.24) is 0 Å². The zero-order chi connectivity index (χ0) is 14.8. The first-order chi connectivity index (χ1) is 10.4. The summed E-state index contributed by atoms with van der Waals surface area (Å²) in [4.78, 5) is 1.27.